The Morgan fingerprint density at radius 3 is 2.37 bits per heavy atom. The van der Waals surface area contributed by atoms with Gasteiger partial charge in [-0.3, -0.25) is 9.36 Å². The van der Waals surface area contributed by atoms with Crippen molar-refractivity contribution in [3.63, 3.8) is 0 Å². The molecule has 0 saturated heterocycles. The van der Waals surface area contributed by atoms with Gasteiger partial charge >= 0.3 is 7.60 Å². The first-order valence-corrected chi connectivity index (χ1v) is 7.59. The van der Waals surface area contributed by atoms with Gasteiger partial charge in [0.25, 0.3) is 0 Å². The Morgan fingerprint density at radius 1 is 1.42 bits per heavy atom. The summed E-state index contributed by atoms with van der Waals surface area (Å²) in [5, 5.41) is 2.39. The molecule has 0 aliphatic rings. The van der Waals surface area contributed by atoms with Crippen molar-refractivity contribution in [1.29, 1.82) is 0 Å². The molecule has 7 nitrogen and oxygen atoms in total. The van der Waals surface area contributed by atoms with Crippen molar-refractivity contribution in [2.45, 2.75) is 25.9 Å². The number of hydrogen-bond donors (Lipinski definition) is 3. The Bertz CT molecular complexity index is 488. The average Bonchev–Trinajstić information content (AvgIpc) is 2.27. The molecule has 19 heavy (non-hydrogen) atoms. The second-order valence-corrected chi connectivity index (χ2v) is 6.60. The maximum absolute atomic E-state index is 11.9. The zero-order valence-electron chi connectivity index (χ0n) is 10.4. The second kappa shape index (κ2) is 6.43. The smallest absolute Gasteiger partial charge is 0.324 e. The van der Waals surface area contributed by atoms with Crippen LogP contribution in [0.4, 0.5) is 5.69 Å². The van der Waals surface area contributed by atoms with Crippen molar-refractivity contribution >= 4 is 30.8 Å². The fourth-order valence-corrected chi connectivity index (χ4v) is 2.61. The number of carbonyl (C=O) groups is 1. The van der Waals surface area contributed by atoms with E-state index >= 15 is 0 Å². The van der Waals surface area contributed by atoms with Gasteiger partial charge in [0.05, 0.1) is 18.1 Å². The molecule has 0 radical (unpaired) electrons. The lowest BCUT2D eigenvalue weighted by molar-refractivity contribution is -0.116. The molecule has 1 rings (SSSR count). The van der Waals surface area contributed by atoms with E-state index < -0.39 is 19.2 Å². The van der Waals surface area contributed by atoms with Gasteiger partial charge in [-0.1, -0.05) is 13.8 Å². The molecule has 0 aliphatic heterocycles. The van der Waals surface area contributed by atoms with Gasteiger partial charge in [-0.05, 0) is 23.9 Å². The Kier molecular flexibility index (Phi) is 5.43. The van der Waals surface area contributed by atoms with Gasteiger partial charge in [0.15, 0.2) is 0 Å². The molecule has 0 saturated carbocycles. The molecule has 1 heterocycles. The van der Waals surface area contributed by atoms with E-state index in [9.17, 15) is 19.1 Å². The van der Waals surface area contributed by atoms with Crippen LogP contribution >= 0.6 is 19.2 Å². The Labute approximate surface area is 115 Å². The van der Waals surface area contributed by atoms with Crippen molar-refractivity contribution in [2.75, 3.05) is 5.32 Å². The number of nitrogens with one attached hydrogen (secondary N) is 1. The van der Waals surface area contributed by atoms with Crippen LogP contribution in [0.1, 0.15) is 20.3 Å². The third-order valence-electron chi connectivity index (χ3n) is 2.29. The van der Waals surface area contributed by atoms with Crippen LogP contribution in [0.3, 0.4) is 0 Å². The van der Waals surface area contributed by atoms with Gasteiger partial charge in [-0.15, -0.1) is 0 Å². The molecule has 3 N–H and O–H groups in total. The molecule has 9 heteroatoms. The predicted octanol–water partition coefficient (Wildman–Crippen LogP) is 1.66. The van der Waals surface area contributed by atoms with Crippen LogP contribution in [0.15, 0.2) is 12.4 Å². The molecule has 1 aromatic rings. The van der Waals surface area contributed by atoms with Gasteiger partial charge in [0.1, 0.15) is 5.66 Å². The molecular formula is C10H15ClN3O4P. The van der Waals surface area contributed by atoms with Gasteiger partial charge in [-0.25, -0.2) is 9.97 Å². The molecule has 1 unspecified atom stereocenters. The van der Waals surface area contributed by atoms with Crippen LogP contribution in [0.5, 0.6) is 0 Å². The van der Waals surface area contributed by atoms with Crippen LogP contribution in [0.2, 0.25) is 5.28 Å². The van der Waals surface area contributed by atoms with Crippen LogP contribution < -0.4 is 5.32 Å². The zero-order chi connectivity index (χ0) is 14.6. The van der Waals surface area contributed by atoms with Crippen molar-refractivity contribution in [2.24, 2.45) is 5.92 Å². The van der Waals surface area contributed by atoms with E-state index in [0.29, 0.717) is 0 Å². The zero-order valence-corrected chi connectivity index (χ0v) is 12.1. The maximum Gasteiger partial charge on any atom is 0.337 e. The summed E-state index contributed by atoms with van der Waals surface area (Å²) in [6.07, 6.45) is 2.61. The largest absolute Gasteiger partial charge is 0.337 e. The topological polar surface area (TPSA) is 112 Å². The Morgan fingerprint density at radius 2 is 1.95 bits per heavy atom. The fourth-order valence-electron chi connectivity index (χ4n) is 1.45. The first kappa shape index (κ1) is 16.0. The molecule has 106 valence electrons. The van der Waals surface area contributed by atoms with Crippen molar-refractivity contribution < 1.29 is 19.1 Å². The molecule has 0 aromatic carbocycles. The Hall–Kier alpha value is -1.01. The van der Waals surface area contributed by atoms with Crippen molar-refractivity contribution in [3.05, 3.63) is 17.7 Å². The van der Waals surface area contributed by atoms with E-state index in [1.165, 1.54) is 12.4 Å². The summed E-state index contributed by atoms with van der Waals surface area (Å²) in [5.41, 5.74) is -1.15. The van der Waals surface area contributed by atoms with Gasteiger partial charge in [0.2, 0.25) is 11.2 Å². The van der Waals surface area contributed by atoms with E-state index in [-0.39, 0.29) is 23.3 Å². The molecule has 0 spiro atoms. The number of aromatic nitrogens is 2. The van der Waals surface area contributed by atoms with Crippen molar-refractivity contribution in [1.82, 2.24) is 9.97 Å². The summed E-state index contributed by atoms with van der Waals surface area (Å²) < 4.78 is 11.3. The highest BCUT2D eigenvalue weighted by Crippen LogP contribution is 2.44. The average molecular weight is 308 g/mol. The van der Waals surface area contributed by atoms with E-state index in [1.807, 2.05) is 0 Å². The molecule has 0 fully saturated rings. The van der Waals surface area contributed by atoms with Gasteiger partial charge in [-0.2, -0.15) is 0 Å². The number of rotatable bonds is 5. The minimum absolute atomic E-state index is 0.0201. The molecular weight excluding hydrogens is 293 g/mol. The third kappa shape index (κ3) is 5.24. The minimum Gasteiger partial charge on any atom is -0.324 e. The van der Waals surface area contributed by atoms with Crippen LogP contribution in [0.25, 0.3) is 0 Å². The highest BCUT2D eigenvalue weighted by atomic mass is 35.5. The summed E-state index contributed by atoms with van der Waals surface area (Å²) in [5.74, 6) is -0.780. The second-order valence-electron chi connectivity index (χ2n) is 4.46. The highest BCUT2D eigenvalue weighted by molar-refractivity contribution is 7.53. The summed E-state index contributed by atoms with van der Waals surface area (Å²) in [4.78, 5) is 37.6. The van der Waals surface area contributed by atoms with Gasteiger partial charge in [0, 0.05) is 0 Å². The molecule has 0 bridgehead atoms. The third-order valence-corrected chi connectivity index (χ3v) is 3.74. The van der Waals surface area contributed by atoms with E-state index in [1.54, 1.807) is 13.8 Å². The van der Waals surface area contributed by atoms with Crippen LogP contribution in [-0.4, -0.2) is 31.3 Å². The lowest BCUT2D eigenvalue weighted by Crippen LogP contribution is -2.29. The monoisotopic (exact) mass is 307 g/mol. The highest BCUT2D eigenvalue weighted by Gasteiger charge is 2.36. The molecule has 1 atom stereocenters. The fraction of sp³-hybridized carbons (Fsp3) is 0.500. The number of halogens is 1. The molecule has 1 amide bonds. The van der Waals surface area contributed by atoms with E-state index in [2.05, 4.69) is 15.3 Å². The summed E-state index contributed by atoms with van der Waals surface area (Å²) in [7, 11) is -4.51. The quantitative estimate of drug-likeness (QED) is 0.563. The number of carbonyl (C=O) groups excluding carboxylic acids is 1. The minimum atomic E-state index is -4.51. The number of nitrogens with zero attached hydrogens (tertiary/aromatic N) is 2. The lowest BCUT2D eigenvalue weighted by Gasteiger charge is -2.19. The molecule has 0 aliphatic carbocycles. The summed E-state index contributed by atoms with van der Waals surface area (Å²) in [6, 6.07) is 0. The van der Waals surface area contributed by atoms with Crippen molar-refractivity contribution in [3.8, 4) is 0 Å². The lowest BCUT2D eigenvalue weighted by atomic mass is 10.1. The normalized spacial score (nSPS) is 13.4. The standard InChI is InChI=1S/C10H15ClN3O4P/c1-6(2)3-8(19(16,17)18)9(15)14-7-4-12-10(11)13-5-7/h4-6,8H,3H2,1-2H3,(H,14,15)(H2,16,17,18). The summed E-state index contributed by atoms with van der Waals surface area (Å²) in [6.45, 7) is 3.56. The maximum atomic E-state index is 11.9. The van der Waals surface area contributed by atoms with E-state index in [4.69, 9.17) is 11.6 Å². The number of anilines is 1. The number of hydrogen-bond acceptors (Lipinski definition) is 4. The number of amides is 1. The first-order valence-electron chi connectivity index (χ1n) is 5.53. The van der Waals surface area contributed by atoms with E-state index in [0.717, 1.165) is 0 Å². The van der Waals surface area contributed by atoms with Crippen LogP contribution in [0, 0.1) is 5.92 Å². The molecule has 1 aromatic heterocycles. The summed E-state index contributed by atoms with van der Waals surface area (Å²) >= 11 is 5.49. The SMILES string of the molecule is CC(C)CC(C(=O)Nc1cnc(Cl)nc1)P(=O)(O)O. The van der Waals surface area contributed by atoms with Crippen LogP contribution in [-0.2, 0) is 9.36 Å². The Balaban J connectivity index is 2.83. The predicted molar refractivity (Wildman–Crippen MR) is 71.0 cm³/mol. The first-order chi connectivity index (χ1) is 8.70. The van der Waals surface area contributed by atoms with Gasteiger partial charge < -0.3 is 15.1 Å².